The molecule has 1 aliphatic carbocycles. The number of ether oxygens (including phenoxy) is 2. The highest BCUT2D eigenvalue weighted by molar-refractivity contribution is 5.81. The van der Waals surface area contributed by atoms with E-state index < -0.39 is 35.4 Å². The summed E-state index contributed by atoms with van der Waals surface area (Å²) < 4.78 is 10.9. The number of likely N-dealkylation sites (tertiary alicyclic amines) is 1. The molecule has 2 amide bonds. The zero-order valence-electron chi connectivity index (χ0n) is 18.0. The molecule has 0 spiro atoms. The molecule has 1 saturated carbocycles. The molecular formula is C20H34N2O6. The van der Waals surface area contributed by atoms with Crippen LogP contribution in [0.15, 0.2) is 0 Å². The number of carbonyl (C=O) groups excluding carboxylic acids is 2. The summed E-state index contributed by atoms with van der Waals surface area (Å²) >= 11 is 0. The standard InChI is InChI=1S/C20H34N2O6/c1-19(2,3)27-17(25)21(7)13-9-8-12-10-15(16(23)24)22(14(12)11-13)18(26)28-20(4,5)6/h12-15H,8-11H2,1-7H3,(H,23,24)/t12-,13?,14-,15-/m0/s1. The molecule has 0 aromatic heterocycles. The second kappa shape index (κ2) is 7.79. The Hall–Kier alpha value is -1.99. The maximum atomic E-state index is 12.8. The number of carboxylic acid groups (broad SMARTS) is 1. The number of nitrogens with zero attached hydrogens (tertiary/aromatic N) is 2. The second-order valence-electron chi connectivity index (χ2n) is 9.86. The normalized spacial score (nSPS) is 27.8. The third-order valence-corrected chi connectivity index (χ3v) is 5.27. The largest absolute Gasteiger partial charge is 0.480 e. The van der Waals surface area contributed by atoms with Crippen molar-refractivity contribution in [2.75, 3.05) is 7.05 Å². The van der Waals surface area contributed by atoms with E-state index in [-0.39, 0.29) is 18.0 Å². The van der Waals surface area contributed by atoms with Crippen LogP contribution in [0, 0.1) is 5.92 Å². The van der Waals surface area contributed by atoms with Crippen LogP contribution in [0.1, 0.15) is 67.2 Å². The first-order valence-corrected chi connectivity index (χ1v) is 9.89. The Morgan fingerprint density at radius 2 is 1.54 bits per heavy atom. The molecule has 4 atom stereocenters. The third-order valence-electron chi connectivity index (χ3n) is 5.27. The number of amides is 2. The number of carbonyl (C=O) groups is 3. The molecule has 1 heterocycles. The van der Waals surface area contributed by atoms with Crippen LogP contribution in [0.5, 0.6) is 0 Å². The number of hydrogen-bond donors (Lipinski definition) is 1. The van der Waals surface area contributed by atoms with Crippen molar-refractivity contribution in [3.8, 4) is 0 Å². The van der Waals surface area contributed by atoms with Gasteiger partial charge in [-0.2, -0.15) is 0 Å². The van der Waals surface area contributed by atoms with Crippen LogP contribution in [-0.2, 0) is 14.3 Å². The van der Waals surface area contributed by atoms with Gasteiger partial charge in [-0.1, -0.05) is 0 Å². The van der Waals surface area contributed by atoms with Crippen molar-refractivity contribution in [3.05, 3.63) is 0 Å². The Bertz CT molecular complexity index is 621. The summed E-state index contributed by atoms with van der Waals surface area (Å²) in [5.41, 5.74) is -1.30. The first kappa shape index (κ1) is 22.3. The van der Waals surface area contributed by atoms with E-state index >= 15 is 0 Å². The lowest BCUT2D eigenvalue weighted by atomic mass is 9.81. The Kier molecular flexibility index (Phi) is 6.21. The molecule has 1 saturated heterocycles. The van der Waals surface area contributed by atoms with Crippen LogP contribution in [0.2, 0.25) is 0 Å². The molecule has 160 valence electrons. The van der Waals surface area contributed by atoms with Crippen LogP contribution in [0.4, 0.5) is 9.59 Å². The minimum atomic E-state index is -1.02. The van der Waals surface area contributed by atoms with Gasteiger partial charge in [-0.3, -0.25) is 4.90 Å². The summed E-state index contributed by atoms with van der Waals surface area (Å²) in [4.78, 5) is 39.9. The summed E-state index contributed by atoms with van der Waals surface area (Å²) in [6.07, 6.45) is 1.43. The first-order chi connectivity index (χ1) is 12.7. The molecule has 28 heavy (non-hydrogen) atoms. The lowest BCUT2D eigenvalue weighted by Gasteiger charge is -2.40. The van der Waals surface area contributed by atoms with E-state index in [4.69, 9.17) is 9.47 Å². The van der Waals surface area contributed by atoms with Crippen molar-refractivity contribution in [1.29, 1.82) is 0 Å². The van der Waals surface area contributed by atoms with Crippen molar-refractivity contribution in [3.63, 3.8) is 0 Å². The van der Waals surface area contributed by atoms with Gasteiger partial charge >= 0.3 is 18.2 Å². The molecule has 8 nitrogen and oxygen atoms in total. The van der Waals surface area contributed by atoms with E-state index in [1.165, 1.54) is 4.90 Å². The van der Waals surface area contributed by atoms with Crippen LogP contribution in [0.3, 0.4) is 0 Å². The van der Waals surface area contributed by atoms with E-state index in [2.05, 4.69) is 0 Å². The van der Waals surface area contributed by atoms with Gasteiger partial charge in [-0.25, -0.2) is 14.4 Å². The SMILES string of the molecule is CN(C(=O)OC(C)(C)C)C1CC[C@H]2C[C@@H](C(=O)O)N(C(=O)OC(C)(C)C)[C@H]2C1. The van der Waals surface area contributed by atoms with Crippen LogP contribution >= 0.6 is 0 Å². The molecule has 1 N–H and O–H groups in total. The molecule has 2 aliphatic rings. The fourth-order valence-corrected chi connectivity index (χ4v) is 4.07. The number of fused-ring (bicyclic) bond motifs is 1. The van der Waals surface area contributed by atoms with E-state index in [1.807, 2.05) is 20.8 Å². The quantitative estimate of drug-likeness (QED) is 0.765. The summed E-state index contributed by atoms with van der Waals surface area (Å²) in [6.45, 7) is 10.7. The van der Waals surface area contributed by atoms with Gasteiger partial charge < -0.3 is 19.5 Å². The molecule has 1 aliphatic heterocycles. The van der Waals surface area contributed by atoms with Gasteiger partial charge in [0.15, 0.2) is 0 Å². The molecule has 0 aromatic rings. The number of rotatable bonds is 2. The molecule has 0 radical (unpaired) electrons. The highest BCUT2D eigenvalue weighted by Gasteiger charge is 2.51. The van der Waals surface area contributed by atoms with E-state index in [9.17, 15) is 19.5 Å². The number of aliphatic carboxylic acids is 1. The Balaban J connectivity index is 2.17. The molecule has 0 bridgehead atoms. The van der Waals surface area contributed by atoms with Crippen LogP contribution < -0.4 is 0 Å². The van der Waals surface area contributed by atoms with Crippen molar-refractivity contribution < 1.29 is 29.0 Å². The van der Waals surface area contributed by atoms with Gasteiger partial charge in [0.25, 0.3) is 0 Å². The van der Waals surface area contributed by atoms with Gasteiger partial charge in [0.2, 0.25) is 0 Å². The zero-order chi connectivity index (χ0) is 21.4. The minimum absolute atomic E-state index is 0.0944. The molecule has 8 heteroatoms. The van der Waals surface area contributed by atoms with Gasteiger partial charge in [0, 0.05) is 19.1 Å². The molecule has 0 aromatic carbocycles. The van der Waals surface area contributed by atoms with Crippen molar-refractivity contribution in [2.45, 2.75) is 96.6 Å². The number of carboxylic acids is 1. The van der Waals surface area contributed by atoms with Crippen LogP contribution in [0.25, 0.3) is 0 Å². The van der Waals surface area contributed by atoms with Crippen LogP contribution in [-0.4, -0.2) is 69.4 Å². The van der Waals surface area contributed by atoms with E-state index in [0.717, 1.165) is 12.8 Å². The zero-order valence-corrected chi connectivity index (χ0v) is 18.0. The van der Waals surface area contributed by atoms with Gasteiger partial charge in [0.05, 0.1) is 0 Å². The first-order valence-electron chi connectivity index (χ1n) is 9.89. The topological polar surface area (TPSA) is 96.4 Å². The summed E-state index contributed by atoms with van der Waals surface area (Å²) in [6, 6.07) is -1.27. The highest BCUT2D eigenvalue weighted by Crippen LogP contribution is 2.42. The van der Waals surface area contributed by atoms with Crippen molar-refractivity contribution >= 4 is 18.2 Å². The Morgan fingerprint density at radius 1 is 0.964 bits per heavy atom. The van der Waals surface area contributed by atoms with Crippen molar-refractivity contribution in [1.82, 2.24) is 9.80 Å². The predicted molar refractivity (Wildman–Crippen MR) is 103 cm³/mol. The second-order valence-corrected chi connectivity index (χ2v) is 9.86. The molecule has 1 unspecified atom stereocenters. The smallest absolute Gasteiger partial charge is 0.411 e. The molecule has 2 fully saturated rings. The average Bonchev–Trinajstić information content (AvgIpc) is 2.89. The lowest BCUT2D eigenvalue weighted by molar-refractivity contribution is -0.142. The highest BCUT2D eigenvalue weighted by atomic mass is 16.6. The Morgan fingerprint density at radius 3 is 2.04 bits per heavy atom. The molecule has 2 rings (SSSR count). The monoisotopic (exact) mass is 398 g/mol. The van der Waals surface area contributed by atoms with E-state index in [0.29, 0.717) is 12.8 Å². The number of hydrogen-bond acceptors (Lipinski definition) is 5. The molecular weight excluding hydrogens is 364 g/mol. The predicted octanol–water partition coefficient (Wildman–Crippen LogP) is 3.48. The van der Waals surface area contributed by atoms with E-state index in [1.54, 1.807) is 32.7 Å². The Labute approximate surface area is 167 Å². The van der Waals surface area contributed by atoms with Gasteiger partial charge in [0.1, 0.15) is 17.2 Å². The summed E-state index contributed by atoms with van der Waals surface area (Å²) in [7, 11) is 1.69. The third kappa shape index (κ3) is 5.29. The van der Waals surface area contributed by atoms with Gasteiger partial charge in [-0.05, 0) is 73.1 Å². The lowest BCUT2D eigenvalue weighted by Crippen LogP contribution is -2.52. The average molecular weight is 399 g/mol. The fraction of sp³-hybridized carbons (Fsp3) is 0.850. The van der Waals surface area contributed by atoms with Gasteiger partial charge in [-0.15, -0.1) is 0 Å². The maximum Gasteiger partial charge on any atom is 0.411 e. The maximum absolute atomic E-state index is 12.8. The minimum Gasteiger partial charge on any atom is -0.480 e. The fourth-order valence-electron chi connectivity index (χ4n) is 4.07. The summed E-state index contributed by atoms with van der Waals surface area (Å²) in [5, 5.41) is 9.63. The summed E-state index contributed by atoms with van der Waals surface area (Å²) in [5.74, 6) is -0.922. The van der Waals surface area contributed by atoms with Crippen molar-refractivity contribution in [2.24, 2.45) is 5.92 Å².